The summed E-state index contributed by atoms with van der Waals surface area (Å²) in [5.41, 5.74) is 8.18. The van der Waals surface area contributed by atoms with Crippen LogP contribution < -0.4 is 0 Å². The summed E-state index contributed by atoms with van der Waals surface area (Å²) < 4.78 is 11.1. The van der Waals surface area contributed by atoms with E-state index in [-0.39, 0.29) is 11.4 Å². The summed E-state index contributed by atoms with van der Waals surface area (Å²) in [5, 5.41) is 0.689. The molecule has 0 N–H and O–H groups in total. The van der Waals surface area contributed by atoms with Crippen LogP contribution in [0.4, 0.5) is 0 Å². The zero-order valence-corrected chi connectivity index (χ0v) is 11.8. The zero-order valence-electron chi connectivity index (χ0n) is 11.0. The van der Waals surface area contributed by atoms with Crippen LogP contribution in [-0.2, 0) is 9.47 Å². The largest absolute Gasteiger partial charge is 0.484 e. The quantitative estimate of drug-likeness (QED) is 0.560. The second kappa shape index (κ2) is 5.69. The highest BCUT2D eigenvalue weighted by atomic mass is 32.2. The highest BCUT2D eigenvalue weighted by molar-refractivity contribution is 8.00. The Balaban J connectivity index is 2.17. The summed E-state index contributed by atoms with van der Waals surface area (Å²) in [5.74, 6) is 0.906. The molecule has 96 valence electrons. The number of hydrogen-bond donors (Lipinski definition) is 0. The van der Waals surface area contributed by atoms with Crippen LogP contribution in [0.25, 0.3) is 0 Å². The van der Waals surface area contributed by atoms with Gasteiger partial charge in [0.1, 0.15) is 11.9 Å². The lowest BCUT2D eigenvalue weighted by atomic mass is 10.0. The van der Waals surface area contributed by atoms with E-state index >= 15 is 0 Å². The lowest BCUT2D eigenvalue weighted by Crippen LogP contribution is -2.25. The lowest BCUT2D eigenvalue weighted by Gasteiger charge is -2.23. The van der Waals surface area contributed by atoms with Crippen molar-refractivity contribution in [2.75, 3.05) is 13.7 Å². The van der Waals surface area contributed by atoms with Crippen molar-refractivity contribution in [3.8, 4) is 0 Å². The Kier molecular flexibility index (Phi) is 4.21. The van der Waals surface area contributed by atoms with Crippen LogP contribution in [0.3, 0.4) is 0 Å². The van der Waals surface area contributed by atoms with Crippen molar-refractivity contribution in [1.29, 1.82) is 0 Å². The molecule has 3 atom stereocenters. The third kappa shape index (κ3) is 2.66. The molecule has 0 radical (unpaired) electrons. The molecule has 1 heterocycles. The second-order valence-electron chi connectivity index (χ2n) is 4.60. The number of ether oxygens (including phenoxy) is 2. The molecule has 0 aromatic carbocycles. The van der Waals surface area contributed by atoms with Crippen molar-refractivity contribution in [1.82, 2.24) is 0 Å². The van der Waals surface area contributed by atoms with Gasteiger partial charge in [-0.25, -0.2) is 0 Å². The molecule has 0 aromatic rings. The van der Waals surface area contributed by atoms with Gasteiger partial charge in [0, 0.05) is 24.0 Å². The molecule has 0 spiro atoms. The van der Waals surface area contributed by atoms with E-state index in [0.717, 1.165) is 17.9 Å². The second-order valence-corrected chi connectivity index (χ2v) is 6.19. The van der Waals surface area contributed by atoms with E-state index in [1.54, 1.807) is 7.11 Å². The van der Waals surface area contributed by atoms with Crippen LogP contribution in [0.2, 0.25) is 0 Å². The molecule has 0 amide bonds. The van der Waals surface area contributed by atoms with Crippen molar-refractivity contribution < 1.29 is 9.47 Å². The fourth-order valence-electron chi connectivity index (χ4n) is 2.10. The van der Waals surface area contributed by atoms with Gasteiger partial charge in [-0.2, -0.15) is 0 Å². The summed E-state index contributed by atoms with van der Waals surface area (Å²) >= 11 is 1.87. The minimum atomic E-state index is 0.0357. The van der Waals surface area contributed by atoms with Crippen molar-refractivity contribution in [2.24, 2.45) is 0 Å². The van der Waals surface area contributed by atoms with E-state index in [1.807, 2.05) is 30.8 Å². The summed E-state index contributed by atoms with van der Waals surface area (Å²) in [6.45, 7) is 8.95. The molecule has 3 heteroatoms. The van der Waals surface area contributed by atoms with E-state index in [0.29, 0.717) is 5.25 Å². The number of methoxy groups -OCH3 is 1. The van der Waals surface area contributed by atoms with Gasteiger partial charge in [0.05, 0.1) is 11.9 Å². The Hall–Kier alpha value is -1.11. The maximum absolute atomic E-state index is 5.95. The first kappa shape index (κ1) is 13.3. The van der Waals surface area contributed by atoms with Crippen molar-refractivity contribution >= 4 is 11.8 Å². The van der Waals surface area contributed by atoms with Gasteiger partial charge >= 0.3 is 0 Å². The van der Waals surface area contributed by atoms with E-state index in [2.05, 4.69) is 25.0 Å². The van der Waals surface area contributed by atoms with E-state index < -0.39 is 0 Å². The first-order chi connectivity index (χ1) is 8.63. The average molecular weight is 262 g/mol. The molecule has 3 unspecified atom stereocenters. The average Bonchev–Trinajstić information content (AvgIpc) is 2.69. The van der Waals surface area contributed by atoms with Crippen molar-refractivity contribution in [3.63, 3.8) is 0 Å². The summed E-state index contributed by atoms with van der Waals surface area (Å²) in [7, 11) is 1.73. The molecule has 0 fully saturated rings. The molecule has 1 aliphatic carbocycles. The zero-order chi connectivity index (χ0) is 13.1. The third-order valence-electron chi connectivity index (χ3n) is 2.90. The highest BCUT2D eigenvalue weighted by Gasteiger charge is 2.37. The number of hydrogen-bond acceptors (Lipinski definition) is 3. The monoisotopic (exact) mass is 262 g/mol. The Labute approximate surface area is 113 Å². The van der Waals surface area contributed by atoms with Gasteiger partial charge in [-0.1, -0.05) is 25.0 Å². The number of allylic oxidation sites excluding steroid dienone is 2. The van der Waals surface area contributed by atoms with E-state index in [1.165, 1.54) is 5.57 Å². The maximum atomic E-state index is 5.95. The van der Waals surface area contributed by atoms with Crippen molar-refractivity contribution in [2.45, 2.75) is 30.5 Å². The van der Waals surface area contributed by atoms with Crippen LogP contribution >= 0.6 is 11.8 Å². The van der Waals surface area contributed by atoms with Gasteiger partial charge in [0.2, 0.25) is 0 Å². The standard InChI is InChI=1S/C15H18O2S/c1-10(2)14-15(18-11(3)9-16-4)12-7-5-6-8-13(12)17-14/h7-8,11,14-15H,1,9H2,2-4H3. The first-order valence-corrected chi connectivity index (χ1v) is 6.96. The summed E-state index contributed by atoms with van der Waals surface area (Å²) in [6.07, 6.45) is 3.86. The van der Waals surface area contributed by atoms with E-state index in [4.69, 9.17) is 9.47 Å². The molecule has 0 saturated carbocycles. The minimum absolute atomic E-state index is 0.0357. The number of thioether (sulfide) groups is 1. The summed E-state index contributed by atoms with van der Waals surface area (Å²) in [4.78, 5) is 0. The Morgan fingerprint density at radius 1 is 1.56 bits per heavy atom. The van der Waals surface area contributed by atoms with Crippen LogP contribution in [0.15, 0.2) is 47.1 Å². The predicted octanol–water partition coefficient (Wildman–Crippen LogP) is 3.23. The fourth-order valence-corrected chi connectivity index (χ4v) is 3.57. The van der Waals surface area contributed by atoms with Crippen molar-refractivity contribution in [3.05, 3.63) is 47.1 Å². The highest BCUT2D eigenvalue weighted by Crippen LogP contribution is 2.40. The van der Waals surface area contributed by atoms with Gasteiger partial charge in [0.25, 0.3) is 0 Å². The molecule has 18 heavy (non-hydrogen) atoms. The minimum Gasteiger partial charge on any atom is -0.484 e. The Bertz CT molecular complexity index is 477. The van der Waals surface area contributed by atoms with Gasteiger partial charge in [-0.05, 0) is 18.6 Å². The summed E-state index contributed by atoms with van der Waals surface area (Å²) in [6, 6.07) is 0. The molecule has 1 aliphatic heterocycles. The van der Waals surface area contributed by atoms with Crippen LogP contribution in [0, 0.1) is 0 Å². The molecule has 0 bridgehead atoms. The molecular formula is C15H18O2S. The molecule has 2 aliphatic rings. The van der Waals surface area contributed by atoms with Crippen LogP contribution in [-0.4, -0.2) is 30.3 Å². The van der Waals surface area contributed by atoms with Crippen LogP contribution in [0.5, 0.6) is 0 Å². The molecule has 0 aromatic heterocycles. The maximum Gasteiger partial charge on any atom is 0.135 e. The van der Waals surface area contributed by atoms with E-state index in [9.17, 15) is 0 Å². The Morgan fingerprint density at radius 3 is 2.94 bits per heavy atom. The predicted molar refractivity (Wildman–Crippen MR) is 75.6 cm³/mol. The number of rotatable bonds is 5. The lowest BCUT2D eigenvalue weighted by molar-refractivity contribution is 0.185. The van der Waals surface area contributed by atoms with Gasteiger partial charge in [0.15, 0.2) is 0 Å². The normalized spacial score (nSPS) is 26.2. The van der Waals surface area contributed by atoms with Gasteiger partial charge in [-0.15, -0.1) is 11.8 Å². The smallest absolute Gasteiger partial charge is 0.135 e. The first-order valence-electron chi connectivity index (χ1n) is 6.01. The topological polar surface area (TPSA) is 18.5 Å². The molecule has 2 rings (SSSR count). The molecule has 0 saturated heterocycles. The Morgan fingerprint density at radius 2 is 2.28 bits per heavy atom. The SMILES string of the molecule is C=C(C)C1OC2=C(C=C=C=C2)C1SC(C)COC. The third-order valence-corrected chi connectivity index (χ3v) is 4.30. The fraction of sp³-hybridized carbons (Fsp3) is 0.467. The van der Waals surface area contributed by atoms with Gasteiger partial charge < -0.3 is 9.47 Å². The molecule has 2 nitrogen and oxygen atoms in total. The molecular weight excluding hydrogens is 244 g/mol. The van der Waals surface area contributed by atoms with Gasteiger partial charge in [-0.3, -0.25) is 0 Å². The van der Waals surface area contributed by atoms with Crippen LogP contribution in [0.1, 0.15) is 13.8 Å².